The number of hydrogen-bond acceptors (Lipinski definition) is 4. The standard InChI is InChI=1S/C22H22ClN3O3/c1-15-22(21(27)14-24-11-3-2-4-12-24)19-13-18(26(28)29)9-10-20(19)25(15)17-7-5-16(23)6-8-17/h5-10,13H,2-4,11-12,14H2,1H3. The van der Waals surface area contributed by atoms with E-state index in [0.29, 0.717) is 22.5 Å². The fourth-order valence-electron chi connectivity index (χ4n) is 4.19. The first-order valence-electron chi connectivity index (χ1n) is 9.76. The quantitative estimate of drug-likeness (QED) is 0.330. The summed E-state index contributed by atoms with van der Waals surface area (Å²) in [5.41, 5.74) is 2.96. The molecule has 0 spiro atoms. The van der Waals surface area contributed by atoms with Crippen LogP contribution in [0.2, 0.25) is 5.02 Å². The lowest BCUT2D eigenvalue weighted by molar-refractivity contribution is -0.384. The second-order valence-corrected chi connectivity index (χ2v) is 7.93. The van der Waals surface area contributed by atoms with Crippen molar-refractivity contribution >= 4 is 34.0 Å². The molecule has 1 aromatic heterocycles. The van der Waals surface area contributed by atoms with E-state index >= 15 is 0 Å². The Labute approximate surface area is 173 Å². The molecule has 6 nitrogen and oxygen atoms in total. The maximum Gasteiger partial charge on any atom is 0.270 e. The molecule has 2 aromatic carbocycles. The Bertz CT molecular complexity index is 1080. The van der Waals surface area contributed by atoms with Gasteiger partial charge >= 0.3 is 0 Å². The Morgan fingerprint density at radius 2 is 1.79 bits per heavy atom. The fraction of sp³-hybridized carbons (Fsp3) is 0.318. The monoisotopic (exact) mass is 411 g/mol. The number of aromatic nitrogens is 1. The molecule has 29 heavy (non-hydrogen) atoms. The number of piperidine rings is 1. The Kier molecular flexibility index (Phi) is 5.39. The molecule has 3 aromatic rings. The van der Waals surface area contributed by atoms with E-state index < -0.39 is 4.92 Å². The number of benzene rings is 2. The highest BCUT2D eigenvalue weighted by atomic mass is 35.5. The lowest BCUT2D eigenvalue weighted by Crippen LogP contribution is -2.34. The summed E-state index contributed by atoms with van der Waals surface area (Å²) >= 11 is 6.03. The smallest absolute Gasteiger partial charge is 0.270 e. The third-order valence-corrected chi connectivity index (χ3v) is 5.83. The van der Waals surface area contributed by atoms with E-state index in [-0.39, 0.29) is 11.5 Å². The van der Waals surface area contributed by atoms with Gasteiger partial charge in [0.15, 0.2) is 5.78 Å². The van der Waals surface area contributed by atoms with Gasteiger partial charge in [-0.3, -0.25) is 19.8 Å². The van der Waals surface area contributed by atoms with Crippen LogP contribution in [0.1, 0.15) is 35.3 Å². The average molecular weight is 412 g/mol. The summed E-state index contributed by atoms with van der Waals surface area (Å²) in [6, 6.07) is 12.1. The van der Waals surface area contributed by atoms with Crippen LogP contribution < -0.4 is 0 Å². The summed E-state index contributed by atoms with van der Waals surface area (Å²) in [6.45, 7) is 4.06. The van der Waals surface area contributed by atoms with Crippen molar-refractivity contribution < 1.29 is 9.72 Å². The van der Waals surface area contributed by atoms with Gasteiger partial charge in [-0.05, 0) is 63.2 Å². The van der Waals surface area contributed by atoms with Gasteiger partial charge in [-0.15, -0.1) is 0 Å². The number of likely N-dealkylation sites (tertiary alicyclic amines) is 1. The number of Topliss-reactive ketones (excluding diaryl/α,β-unsaturated/α-hetero) is 1. The number of fused-ring (bicyclic) bond motifs is 1. The van der Waals surface area contributed by atoms with Crippen LogP contribution in [-0.4, -0.2) is 39.8 Å². The van der Waals surface area contributed by atoms with Gasteiger partial charge in [-0.25, -0.2) is 0 Å². The van der Waals surface area contributed by atoms with Crippen LogP contribution in [0.25, 0.3) is 16.6 Å². The summed E-state index contributed by atoms with van der Waals surface area (Å²) in [5, 5.41) is 12.6. The summed E-state index contributed by atoms with van der Waals surface area (Å²) < 4.78 is 1.97. The molecular weight excluding hydrogens is 390 g/mol. The van der Waals surface area contributed by atoms with E-state index in [9.17, 15) is 14.9 Å². The molecule has 2 heterocycles. The molecule has 1 aliphatic heterocycles. The number of carbonyl (C=O) groups excluding carboxylic acids is 1. The predicted molar refractivity (Wildman–Crippen MR) is 114 cm³/mol. The molecular formula is C22H22ClN3O3. The highest BCUT2D eigenvalue weighted by molar-refractivity contribution is 6.30. The molecule has 1 fully saturated rings. The Morgan fingerprint density at radius 3 is 2.45 bits per heavy atom. The first kappa shape index (κ1) is 19.6. The molecule has 0 radical (unpaired) electrons. The summed E-state index contributed by atoms with van der Waals surface area (Å²) in [5.74, 6) is 0.00242. The van der Waals surface area contributed by atoms with Crippen LogP contribution in [0.15, 0.2) is 42.5 Å². The lowest BCUT2D eigenvalue weighted by atomic mass is 10.0. The average Bonchev–Trinajstić information content (AvgIpc) is 3.00. The molecule has 4 rings (SSSR count). The number of nitro groups is 1. The van der Waals surface area contributed by atoms with Gasteiger partial charge in [-0.2, -0.15) is 0 Å². The summed E-state index contributed by atoms with van der Waals surface area (Å²) in [6.07, 6.45) is 3.40. The largest absolute Gasteiger partial charge is 0.313 e. The summed E-state index contributed by atoms with van der Waals surface area (Å²) in [4.78, 5) is 26.4. The van der Waals surface area contributed by atoms with E-state index in [0.717, 1.165) is 42.8 Å². The van der Waals surface area contributed by atoms with Gasteiger partial charge in [0.1, 0.15) is 0 Å². The fourth-order valence-corrected chi connectivity index (χ4v) is 4.32. The molecule has 0 atom stereocenters. The topological polar surface area (TPSA) is 68.4 Å². The van der Waals surface area contributed by atoms with Crippen molar-refractivity contribution in [1.29, 1.82) is 0 Å². The van der Waals surface area contributed by atoms with E-state index in [1.54, 1.807) is 18.2 Å². The van der Waals surface area contributed by atoms with Crippen molar-refractivity contribution in [3.05, 3.63) is 68.9 Å². The van der Waals surface area contributed by atoms with Crippen molar-refractivity contribution in [3.8, 4) is 5.69 Å². The number of ketones is 1. The van der Waals surface area contributed by atoms with Gasteiger partial charge in [0.25, 0.3) is 5.69 Å². The number of carbonyl (C=O) groups is 1. The molecule has 0 aliphatic carbocycles. The predicted octanol–water partition coefficient (Wildman–Crippen LogP) is 5.17. The first-order valence-corrected chi connectivity index (χ1v) is 10.1. The maximum atomic E-state index is 13.3. The van der Waals surface area contributed by atoms with Crippen LogP contribution in [-0.2, 0) is 0 Å². The third kappa shape index (κ3) is 3.78. The van der Waals surface area contributed by atoms with E-state index in [2.05, 4.69) is 4.90 Å². The van der Waals surface area contributed by atoms with Crippen LogP contribution in [0, 0.1) is 17.0 Å². The van der Waals surface area contributed by atoms with E-state index in [4.69, 9.17) is 11.6 Å². The maximum absolute atomic E-state index is 13.3. The zero-order valence-electron chi connectivity index (χ0n) is 16.2. The third-order valence-electron chi connectivity index (χ3n) is 5.58. The minimum Gasteiger partial charge on any atom is -0.313 e. The molecule has 1 saturated heterocycles. The van der Waals surface area contributed by atoms with E-state index in [1.807, 2.05) is 23.6 Å². The zero-order valence-corrected chi connectivity index (χ0v) is 17.0. The zero-order chi connectivity index (χ0) is 20.5. The number of halogens is 1. The number of hydrogen-bond donors (Lipinski definition) is 0. The number of non-ortho nitro benzene ring substituents is 1. The molecule has 0 N–H and O–H groups in total. The Hall–Kier alpha value is -2.70. The number of nitrogens with zero attached hydrogens (tertiary/aromatic N) is 3. The molecule has 150 valence electrons. The minimum absolute atomic E-state index is 0.00242. The minimum atomic E-state index is -0.423. The van der Waals surface area contributed by atoms with Gasteiger partial charge < -0.3 is 4.57 Å². The van der Waals surface area contributed by atoms with Crippen LogP contribution in [0.5, 0.6) is 0 Å². The molecule has 0 saturated carbocycles. The van der Waals surface area contributed by atoms with E-state index in [1.165, 1.54) is 18.6 Å². The Balaban J connectivity index is 1.86. The van der Waals surface area contributed by atoms with Gasteiger partial charge in [0.05, 0.1) is 17.0 Å². The molecule has 0 amide bonds. The lowest BCUT2D eigenvalue weighted by Gasteiger charge is -2.25. The van der Waals surface area contributed by atoms with Crippen molar-refractivity contribution in [2.45, 2.75) is 26.2 Å². The highest BCUT2D eigenvalue weighted by Crippen LogP contribution is 2.33. The first-order chi connectivity index (χ1) is 14.0. The van der Waals surface area contributed by atoms with Crippen LogP contribution in [0.4, 0.5) is 5.69 Å². The van der Waals surface area contributed by atoms with Crippen LogP contribution in [0.3, 0.4) is 0 Å². The van der Waals surface area contributed by atoms with Crippen molar-refractivity contribution in [1.82, 2.24) is 9.47 Å². The van der Waals surface area contributed by atoms with Crippen molar-refractivity contribution in [3.63, 3.8) is 0 Å². The van der Waals surface area contributed by atoms with Gasteiger partial charge in [0.2, 0.25) is 0 Å². The number of nitro benzene ring substituents is 1. The van der Waals surface area contributed by atoms with Crippen LogP contribution >= 0.6 is 11.6 Å². The van der Waals surface area contributed by atoms with Crippen molar-refractivity contribution in [2.75, 3.05) is 19.6 Å². The summed E-state index contributed by atoms with van der Waals surface area (Å²) in [7, 11) is 0. The van der Waals surface area contributed by atoms with Gasteiger partial charge in [0, 0.05) is 39.5 Å². The molecule has 0 bridgehead atoms. The molecule has 7 heteroatoms. The SMILES string of the molecule is Cc1c(C(=O)CN2CCCCC2)c2cc([N+](=O)[O-])ccc2n1-c1ccc(Cl)cc1. The number of rotatable bonds is 5. The Morgan fingerprint density at radius 1 is 1.10 bits per heavy atom. The van der Waals surface area contributed by atoms with Gasteiger partial charge in [-0.1, -0.05) is 18.0 Å². The van der Waals surface area contributed by atoms with Crippen molar-refractivity contribution in [2.24, 2.45) is 0 Å². The molecule has 1 aliphatic rings. The molecule has 0 unspecified atom stereocenters. The highest BCUT2D eigenvalue weighted by Gasteiger charge is 2.24. The second kappa shape index (κ2) is 7.97. The second-order valence-electron chi connectivity index (χ2n) is 7.49. The normalized spacial score (nSPS) is 15.0.